The third kappa shape index (κ3) is 6.46. The van der Waals surface area contributed by atoms with Gasteiger partial charge >= 0.3 is 12.0 Å². The SMILES string of the molecule is CCS(=O)CCNC(=O)N1CCCC(C(C)CC(=O)O)C1. The molecule has 122 valence electrons. The minimum Gasteiger partial charge on any atom is -0.481 e. The maximum atomic E-state index is 12.1. The van der Waals surface area contributed by atoms with Gasteiger partial charge in [-0.1, -0.05) is 13.8 Å². The number of nitrogens with zero attached hydrogens (tertiary/aromatic N) is 1. The van der Waals surface area contributed by atoms with E-state index < -0.39 is 16.8 Å². The van der Waals surface area contributed by atoms with Crippen LogP contribution < -0.4 is 5.32 Å². The quantitative estimate of drug-likeness (QED) is 0.740. The van der Waals surface area contributed by atoms with E-state index in [9.17, 15) is 13.8 Å². The molecule has 0 saturated carbocycles. The van der Waals surface area contributed by atoms with Crippen LogP contribution in [0.1, 0.15) is 33.1 Å². The molecule has 0 aromatic carbocycles. The molecule has 2 amide bonds. The van der Waals surface area contributed by atoms with Crippen LogP contribution in [-0.2, 0) is 15.6 Å². The summed E-state index contributed by atoms with van der Waals surface area (Å²) in [6.45, 7) is 5.53. The number of rotatable bonds is 7. The van der Waals surface area contributed by atoms with E-state index >= 15 is 0 Å². The minimum atomic E-state index is -0.868. The van der Waals surface area contributed by atoms with Gasteiger partial charge in [0.15, 0.2) is 0 Å². The van der Waals surface area contributed by atoms with Gasteiger partial charge in [-0.05, 0) is 24.7 Å². The van der Waals surface area contributed by atoms with Crippen LogP contribution in [0.3, 0.4) is 0 Å². The maximum absolute atomic E-state index is 12.1. The summed E-state index contributed by atoms with van der Waals surface area (Å²) in [6, 6.07) is -0.129. The first kappa shape index (κ1) is 17.9. The highest BCUT2D eigenvalue weighted by atomic mass is 32.2. The van der Waals surface area contributed by atoms with Gasteiger partial charge in [-0.2, -0.15) is 0 Å². The summed E-state index contributed by atoms with van der Waals surface area (Å²) in [5, 5.41) is 11.7. The maximum Gasteiger partial charge on any atom is 0.317 e. The number of nitrogens with one attached hydrogen (secondary N) is 1. The zero-order chi connectivity index (χ0) is 15.8. The van der Waals surface area contributed by atoms with E-state index in [1.165, 1.54) is 0 Å². The van der Waals surface area contributed by atoms with Crippen LogP contribution in [0.5, 0.6) is 0 Å². The van der Waals surface area contributed by atoms with Crippen molar-refractivity contribution in [1.82, 2.24) is 10.2 Å². The number of carbonyl (C=O) groups excluding carboxylic acids is 1. The Bertz CT molecular complexity index is 389. The topological polar surface area (TPSA) is 86.7 Å². The summed E-state index contributed by atoms with van der Waals surface area (Å²) in [4.78, 5) is 24.6. The monoisotopic (exact) mass is 318 g/mol. The summed E-state index contributed by atoms with van der Waals surface area (Å²) in [5.41, 5.74) is 0. The van der Waals surface area contributed by atoms with Crippen molar-refractivity contribution in [2.75, 3.05) is 31.1 Å². The molecule has 6 nitrogen and oxygen atoms in total. The summed E-state index contributed by atoms with van der Waals surface area (Å²) in [6.07, 6.45) is 2.02. The lowest BCUT2D eigenvalue weighted by atomic mass is 9.85. The average molecular weight is 318 g/mol. The van der Waals surface area contributed by atoms with E-state index in [4.69, 9.17) is 5.11 Å². The van der Waals surface area contributed by atoms with Crippen LogP contribution in [0.2, 0.25) is 0 Å². The Kier molecular flexibility index (Phi) is 7.71. The molecule has 21 heavy (non-hydrogen) atoms. The normalized spacial score (nSPS) is 21.6. The number of carboxylic acids is 1. The largest absolute Gasteiger partial charge is 0.481 e. The summed E-state index contributed by atoms with van der Waals surface area (Å²) < 4.78 is 11.3. The molecule has 2 N–H and O–H groups in total. The predicted octanol–water partition coefficient (Wildman–Crippen LogP) is 1.29. The van der Waals surface area contributed by atoms with E-state index in [-0.39, 0.29) is 24.3 Å². The van der Waals surface area contributed by atoms with Gasteiger partial charge in [-0.3, -0.25) is 9.00 Å². The molecule has 0 bridgehead atoms. The number of hydrogen-bond acceptors (Lipinski definition) is 3. The molecule has 1 aliphatic rings. The molecule has 0 aromatic heterocycles. The Morgan fingerprint density at radius 3 is 2.81 bits per heavy atom. The van der Waals surface area contributed by atoms with Crippen molar-refractivity contribution in [2.24, 2.45) is 11.8 Å². The Hall–Kier alpha value is -1.11. The number of carboxylic acid groups (broad SMARTS) is 1. The van der Waals surface area contributed by atoms with E-state index in [2.05, 4.69) is 5.32 Å². The fraction of sp³-hybridized carbons (Fsp3) is 0.857. The highest BCUT2D eigenvalue weighted by Crippen LogP contribution is 2.26. The van der Waals surface area contributed by atoms with Gasteiger partial charge in [0, 0.05) is 48.4 Å². The van der Waals surface area contributed by atoms with Gasteiger partial charge in [0.25, 0.3) is 0 Å². The standard InChI is InChI=1S/C14H26N2O4S/c1-3-21(20)8-6-15-14(19)16-7-4-5-12(10-16)11(2)9-13(17)18/h11-12H,3-10H2,1-2H3,(H,15,19)(H,17,18). The van der Waals surface area contributed by atoms with E-state index in [1.54, 1.807) is 4.90 Å². The lowest BCUT2D eigenvalue weighted by Gasteiger charge is -2.35. The van der Waals surface area contributed by atoms with Crippen LogP contribution in [0.15, 0.2) is 0 Å². The summed E-state index contributed by atoms with van der Waals surface area (Å²) >= 11 is 0. The second-order valence-corrected chi connectivity index (χ2v) is 7.45. The Morgan fingerprint density at radius 1 is 1.48 bits per heavy atom. The molecular formula is C14H26N2O4S. The molecule has 1 aliphatic heterocycles. The van der Waals surface area contributed by atoms with E-state index in [0.29, 0.717) is 31.1 Å². The molecule has 3 atom stereocenters. The molecule has 0 aromatic rings. The zero-order valence-corrected chi connectivity index (χ0v) is 13.7. The number of hydrogen-bond donors (Lipinski definition) is 2. The van der Waals surface area contributed by atoms with Crippen molar-refractivity contribution in [3.05, 3.63) is 0 Å². The van der Waals surface area contributed by atoms with Gasteiger partial charge < -0.3 is 15.3 Å². The number of likely N-dealkylation sites (tertiary alicyclic amines) is 1. The fourth-order valence-corrected chi connectivity index (χ4v) is 3.25. The Balaban J connectivity index is 2.39. The second kappa shape index (κ2) is 9.02. The molecule has 3 unspecified atom stereocenters. The van der Waals surface area contributed by atoms with Crippen LogP contribution in [0, 0.1) is 11.8 Å². The Labute approximate surface area is 128 Å². The number of amides is 2. The molecule has 1 rings (SSSR count). The van der Waals surface area contributed by atoms with Crippen molar-refractivity contribution in [3.63, 3.8) is 0 Å². The second-order valence-electron chi connectivity index (χ2n) is 5.59. The highest BCUT2D eigenvalue weighted by Gasteiger charge is 2.28. The molecule has 1 heterocycles. The van der Waals surface area contributed by atoms with Crippen LogP contribution in [-0.4, -0.2) is 57.4 Å². The number of urea groups is 1. The molecular weight excluding hydrogens is 292 g/mol. The van der Waals surface area contributed by atoms with Gasteiger partial charge in [-0.15, -0.1) is 0 Å². The number of aliphatic carboxylic acids is 1. The molecule has 1 fully saturated rings. The van der Waals surface area contributed by atoms with Crippen molar-refractivity contribution >= 4 is 22.8 Å². The van der Waals surface area contributed by atoms with E-state index in [1.807, 2.05) is 13.8 Å². The molecule has 1 saturated heterocycles. The van der Waals surface area contributed by atoms with Crippen LogP contribution in [0.4, 0.5) is 4.79 Å². The first-order chi connectivity index (χ1) is 9.93. The first-order valence-electron chi connectivity index (χ1n) is 7.53. The average Bonchev–Trinajstić information content (AvgIpc) is 2.46. The van der Waals surface area contributed by atoms with Crippen molar-refractivity contribution in [3.8, 4) is 0 Å². The molecule has 0 spiro atoms. The zero-order valence-electron chi connectivity index (χ0n) is 12.8. The molecule has 7 heteroatoms. The van der Waals surface area contributed by atoms with Crippen molar-refractivity contribution < 1.29 is 18.9 Å². The third-order valence-electron chi connectivity index (χ3n) is 3.97. The van der Waals surface area contributed by atoms with Crippen molar-refractivity contribution in [2.45, 2.75) is 33.1 Å². The number of carbonyl (C=O) groups is 2. The van der Waals surface area contributed by atoms with Gasteiger partial charge in [0.05, 0.1) is 0 Å². The van der Waals surface area contributed by atoms with Gasteiger partial charge in [0.1, 0.15) is 0 Å². The van der Waals surface area contributed by atoms with Crippen molar-refractivity contribution in [1.29, 1.82) is 0 Å². The van der Waals surface area contributed by atoms with E-state index in [0.717, 1.165) is 12.8 Å². The van der Waals surface area contributed by atoms with Gasteiger partial charge in [0.2, 0.25) is 0 Å². The molecule has 0 radical (unpaired) electrons. The highest BCUT2D eigenvalue weighted by molar-refractivity contribution is 7.84. The third-order valence-corrected chi connectivity index (χ3v) is 5.28. The fourth-order valence-electron chi connectivity index (χ4n) is 2.63. The lowest BCUT2D eigenvalue weighted by Crippen LogP contribution is -2.47. The lowest BCUT2D eigenvalue weighted by molar-refractivity contribution is -0.138. The smallest absolute Gasteiger partial charge is 0.317 e. The first-order valence-corrected chi connectivity index (χ1v) is 9.02. The number of piperidine rings is 1. The minimum absolute atomic E-state index is 0.0747. The predicted molar refractivity (Wildman–Crippen MR) is 82.7 cm³/mol. The Morgan fingerprint density at radius 2 is 2.19 bits per heavy atom. The summed E-state index contributed by atoms with van der Waals surface area (Å²) in [5.74, 6) is 0.616. The summed E-state index contributed by atoms with van der Waals surface area (Å²) in [7, 11) is -0.868. The van der Waals surface area contributed by atoms with Crippen LogP contribution >= 0.6 is 0 Å². The van der Waals surface area contributed by atoms with Crippen LogP contribution in [0.25, 0.3) is 0 Å². The molecule has 0 aliphatic carbocycles. The van der Waals surface area contributed by atoms with Gasteiger partial charge in [-0.25, -0.2) is 4.79 Å².